The van der Waals surface area contributed by atoms with Crippen LogP contribution in [0.25, 0.3) is 0 Å². The summed E-state index contributed by atoms with van der Waals surface area (Å²) in [6, 6.07) is 4.39. The van der Waals surface area contributed by atoms with Crippen LogP contribution in [0.4, 0.5) is 0 Å². The van der Waals surface area contributed by atoms with Crippen molar-refractivity contribution in [2.45, 2.75) is 19.9 Å². The third-order valence-corrected chi connectivity index (χ3v) is 2.64. The van der Waals surface area contributed by atoms with E-state index in [-0.39, 0.29) is 17.4 Å². The van der Waals surface area contributed by atoms with Crippen LogP contribution in [0.5, 0.6) is 0 Å². The van der Waals surface area contributed by atoms with Gasteiger partial charge in [-0.25, -0.2) is 4.79 Å². The van der Waals surface area contributed by atoms with Gasteiger partial charge >= 0.3 is 5.97 Å². The van der Waals surface area contributed by atoms with Gasteiger partial charge in [-0.05, 0) is 32.0 Å². The van der Waals surface area contributed by atoms with Gasteiger partial charge in [0.25, 0.3) is 5.91 Å². The van der Waals surface area contributed by atoms with Gasteiger partial charge in [0.1, 0.15) is 17.1 Å². The molecule has 0 saturated heterocycles. The smallest absolute Gasteiger partial charge is 0.339 e. The molecule has 2 aromatic rings. The van der Waals surface area contributed by atoms with Crippen LogP contribution >= 0.6 is 0 Å². The largest absolute Gasteiger partial charge is 0.478 e. The summed E-state index contributed by atoms with van der Waals surface area (Å²) < 4.78 is 10.3. The second-order valence-electron chi connectivity index (χ2n) is 4.11. The SMILES string of the molecule is Cc1ccc(C(C)NC(=O)c2occc2C(=O)O)o1. The van der Waals surface area contributed by atoms with Crippen molar-refractivity contribution < 1.29 is 23.5 Å². The molecular weight excluding hydrogens is 250 g/mol. The van der Waals surface area contributed by atoms with Crippen molar-refractivity contribution in [2.75, 3.05) is 0 Å². The van der Waals surface area contributed by atoms with Crippen molar-refractivity contribution >= 4 is 11.9 Å². The molecule has 0 bridgehead atoms. The standard InChI is InChI=1S/C13H13NO5/c1-7-3-4-10(19-7)8(2)14-12(15)11-9(13(16)17)5-6-18-11/h3-6,8H,1-2H3,(H,14,15)(H,16,17). The average Bonchev–Trinajstić information content (AvgIpc) is 2.96. The number of hydrogen-bond acceptors (Lipinski definition) is 4. The molecular formula is C13H13NO5. The maximum absolute atomic E-state index is 11.9. The van der Waals surface area contributed by atoms with Crippen molar-refractivity contribution in [1.29, 1.82) is 0 Å². The summed E-state index contributed by atoms with van der Waals surface area (Å²) in [6.07, 6.45) is 1.17. The molecule has 2 aromatic heterocycles. The van der Waals surface area contributed by atoms with Gasteiger partial charge in [0, 0.05) is 0 Å². The number of rotatable bonds is 4. The van der Waals surface area contributed by atoms with E-state index in [1.54, 1.807) is 26.0 Å². The predicted octanol–water partition coefficient (Wildman–Crippen LogP) is 2.37. The van der Waals surface area contributed by atoms with Gasteiger partial charge < -0.3 is 19.3 Å². The summed E-state index contributed by atoms with van der Waals surface area (Å²) in [5, 5.41) is 11.5. The Morgan fingerprint density at radius 2 is 2.05 bits per heavy atom. The van der Waals surface area contributed by atoms with Crippen LogP contribution in [-0.4, -0.2) is 17.0 Å². The lowest BCUT2D eigenvalue weighted by molar-refractivity contribution is 0.0687. The fourth-order valence-electron chi connectivity index (χ4n) is 1.67. The second-order valence-corrected chi connectivity index (χ2v) is 4.11. The third-order valence-electron chi connectivity index (χ3n) is 2.64. The highest BCUT2D eigenvalue weighted by atomic mass is 16.4. The van der Waals surface area contributed by atoms with E-state index in [0.29, 0.717) is 5.76 Å². The van der Waals surface area contributed by atoms with Crippen LogP contribution in [0.2, 0.25) is 0 Å². The molecule has 0 aliphatic heterocycles. The Morgan fingerprint density at radius 3 is 2.63 bits per heavy atom. The number of aromatic carboxylic acids is 1. The van der Waals surface area contributed by atoms with Gasteiger partial charge in [-0.1, -0.05) is 0 Å². The van der Waals surface area contributed by atoms with Crippen molar-refractivity contribution in [3.8, 4) is 0 Å². The fraction of sp³-hybridized carbons (Fsp3) is 0.231. The van der Waals surface area contributed by atoms with Gasteiger partial charge in [0.2, 0.25) is 5.76 Å². The molecule has 0 saturated carbocycles. The van der Waals surface area contributed by atoms with E-state index < -0.39 is 11.9 Å². The molecule has 6 heteroatoms. The number of furan rings is 2. The number of nitrogens with one attached hydrogen (secondary N) is 1. The van der Waals surface area contributed by atoms with Crippen LogP contribution in [0.15, 0.2) is 33.3 Å². The van der Waals surface area contributed by atoms with E-state index in [2.05, 4.69) is 5.32 Å². The molecule has 0 aliphatic carbocycles. The first-order chi connectivity index (χ1) is 8.99. The van der Waals surface area contributed by atoms with E-state index in [1.807, 2.05) is 0 Å². The first-order valence-electron chi connectivity index (χ1n) is 5.67. The summed E-state index contributed by atoms with van der Waals surface area (Å²) in [4.78, 5) is 22.8. The zero-order chi connectivity index (χ0) is 14.0. The number of aryl methyl sites for hydroxylation is 1. The molecule has 1 unspecified atom stereocenters. The molecule has 6 nitrogen and oxygen atoms in total. The molecule has 2 N–H and O–H groups in total. The maximum atomic E-state index is 11.9. The summed E-state index contributed by atoms with van der Waals surface area (Å²) in [7, 11) is 0. The minimum atomic E-state index is -1.21. The Balaban J connectivity index is 2.13. The molecule has 1 amide bonds. The summed E-state index contributed by atoms with van der Waals surface area (Å²) in [6.45, 7) is 3.53. The number of amides is 1. The molecule has 0 aliphatic rings. The molecule has 2 heterocycles. The second kappa shape index (κ2) is 5.01. The van der Waals surface area contributed by atoms with Crippen LogP contribution in [0, 0.1) is 6.92 Å². The Hall–Kier alpha value is -2.50. The van der Waals surface area contributed by atoms with Crippen molar-refractivity contribution in [2.24, 2.45) is 0 Å². The van der Waals surface area contributed by atoms with Gasteiger partial charge in [0.05, 0.1) is 12.3 Å². The highest BCUT2D eigenvalue weighted by Crippen LogP contribution is 2.17. The lowest BCUT2D eigenvalue weighted by Crippen LogP contribution is -2.27. The van der Waals surface area contributed by atoms with E-state index >= 15 is 0 Å². The first-order valence-corrected chi connectivity index (χ1v) is 5.67. The zero-order valence-corrected chi connectivity index (χ0v) is 10.5. The number of hydrogen-bond donors (Lipinski definition) is 2. The van der Waals surface area contributed by atoms with Crippen molar-refractivity contribution in [1.82, 2.24) is 5.32 Å². The van der Waals surface area contributed by atoms with E-state index in [4.69, 9.17) is 13.9 Å². The quantitative estimate of drug-likeness (QED) is 0.883. The van der Waals surface area contributed by atoms with Crippen LogP contribution in [0.1, 0.15) is 45.4 Å². The zero-order valence-electron chi connectivity index (χ0n) is 10.5. The molecule has 0 aromatic carbocycles. The maximum Gasteiger partial charge on any atom is 0.339 e. The molecule has 0 fully saturated rings. The van der Waals surface area contributed by atoms with E-state index in [0.717, 1.165) is 5.76 Å². The highest BCUT2D eigenvalue weighted by molar-refractivity contribution is 6.02. The minimum absolute atomic E-state index is 0.166. The van der Waals surface area contributed by atoms with E-state index in [9.17, 15) is 9.59 Å². The Bertz CT molecular complexity index is 610. The summed E-state index contributed by atoms with van der Waals surface area (Å²) in [5.74, 6) is -0.693. The lowest BCUT2D eigenvalue weighted by atomic mass is 10.2. The number of carboxylic acid groups (broad SMARTS) is 1. The fourth-order valence-corrected chi connectivity index (χ4v) is 1.67. The van der Waals surface area contributed by atoms with Crippen LogP contribution < -0.4 is 5.32 Å². The first kappa shape index (κ1) is 12.9. The topological polar surface area (TPSA) is 92.7 Å². The average molecular weight is 263 g/mol. The molecule has 2 rings (SSSR count). The number of carbonyl (C=O) groups is 2. The van der Waals surface area contributed by atoms with Crippen LogP contribution in [-0.2, 0) is 0 Å². The Labute approximate surface area is 109 Å². The molecule has 0 radical (unpaired) electrons. The molecule has 1 atom stereocenters. The molecule has 100 valence electrons. The Morgan fingerprint density at radius 1 is 1.32 bits per heavy atom. The Kier molecular flexibility index (Phi) is 3.41. The highest BCUT2D eigenvalue weighted by Gasteiger charge is 2.22. The third kappa shape index (κ3) is 2.67. The predicted molar refractivity (Wildman–Crippen MR) is 65.0 cm³/mol. The van der Waals surface area contributed by atoms with Crippen molar-refractivity contribution in [3.05, 3.63) is 47.3 Å². The lowest BCUT2D eigenvalue weighted by Gasteiger charge is -2.10. The summed E-state index contributed by atoms with van der Waals surface area (Å²) >= 11 is 0. The van der Waals surface area contributed by atoms with Crippen LogP contribution in [0.3, 0.4) is 0 Å². The number of carbonyl (C=O) groups excluding carboxylic acids is 1. The van der Waals surface area contributed by atoms with Gasteiger partial charge in [0.15, 0.2) is 0 Å². The van der Waals surface area contributed by atoms with Crippen molar-refractivity contribution in [3.63, 3.8) is 0 Å². The van der Waals surface area contributed by atoms with Gasteiger partial charge in [-0.15, -0.1) is 0 Å². The molecule has 19 heavy (non-hydrogen) atoms. The van der Waals surface area contributed by atoms with Gasteiger partial charge in [-0.2, -0.15) is 0 Å². The van der Waals surface area contributed by atoms with Gasteiger partial charge in [-0.3, -0.25) is 4.79 Å². The monoisotopic (exact) mass is 263 g/mol. The minimum Gasteiger partial charge on any atom is -0.478 e. The van der Waals surface area contributed by atoms with E-state index in [1.165, 1.54) is 12.3 Å². The number of carboxylic acids is 1. The summed E-state index contributed by atoms with van der Waals surface area (Å²) in [5.41, 5.74) is -0.166. The molecule has 0 spiro atoms. The normalized spacial score (nSPS) is 12.1.